The number of rotatable bonds is 6. The Morgan fingerprint density at radius 1 is 1.35 bits per heavy atom. The Morgan fingerprint density at radius 3 is 2.80 bits per heavy atom. The van der Waals surface area contributed by atoms with Crippen LogP contribution in [0.15, 0.2) is 18.2 Å². The highest BCUT2D eigenvalue weighted by Gasteiger charge is 2.36. The molecule has 1 aromatic carbocycles. The third kappa shape index (κ3) is 2.88. The van der Waals surface area contributed by atoms with Crippen LogP contribution in [0.5, 0.6) is 0 Å². The van der Waals surface area contributed by atoms with Gasteiger partial charge >= 0.3 is 0 Å². The van der Waals surface area contributed by atoms with Crippen LogP contribution in [0.25, 0.3) is 0 Å². The number of nitrogens with zero attached hydrogens (tertiary/aromatic N) is 1. The van der Waals surface area contributed by atoms with E-state index in [4.69, 9.17) is 0 Å². The fourth-order valence-electron chi connectivity index (χ4n) is 2.35. The van der Waals surface area contributed by atoms with Gasteiger partial charge in [-0.25, -0.2) is 4.39 Å². The van der Waals surface area contributed by atoms with Crippen LogP contribution in [-0.4, -0.2) is 31.3 Å². The minimum Gasteiger partial charge on any atom is -0.316 e. The first-order valence-corrected chi connectivity index (χ1v) is 6.91. The number of carbonyl (C=O) groups excluding carboxylic acids is 2. The molecule has 4 nitrogen and oxygen atoms in total. The molecular weight excluding hydrogens is 259 g/mol. The van der Waals surface area contributed by atoms with Crippen LogP contribution in [0, 0.1) is 11.7 Å². The van der Waals surface area contributed by atoms with E-state index >= 15 is 0 Å². The van der Waals surface area contributed by atoms with Gasteiger partial charge in [0.05, 0.1) is 11.3 Å². The Bertz CT molecular complexity index is 531. The van der Waals surface area contributed by atoms with Crippen molar-refractivity contribution in [1.29, 1.82) is 0 Å². The maximum absolute atomic E-state index is 13.3. The highest BCUT2D eigenvalue weighted by molar-refractivity contribution is 6.52. The molecule has 108 valence electrons. The quantitative estimate of drug-likeness (QED) is 0.639. The lowest BCUT2D eigenvalue weighted by molar-refractivity contribution is -0.114. The topological polar surface area (TPSA) is 49.4 Å². The lowest BCUT2D eigenvalue weighted by Crippen LogP contribution is -2.37. The fraction of sp³-hybridized carbons (Fsp3) is 0.467. The predicted octanol–water partition coefficient (Wildman–Crippen LogP) is 1.99. The summed E-state index contributed by atoms with van der Waals surface area (Å²) in [6.45, 7) is 6.17. The lowest BCUT2D eigenvalue weighted by atomic mass is 10.1. The van der Waals surface area contributed by atoms with Crippen LogP contribution in [0.3, 0.4) is 0 Å². The van der Waals surface area contributed by atoms with Crippen LogP contribution < -0.4 is 10.2 Å². The van der Waals surface area contributed by atoms with E-state index in [1.807, 2.05) is 6.92 Å². The summed E-state index contributed by atoms with van der Waals surface area (Å²) in [5.41, 5.74) is 0.687. The molecule has 1 heterocycles. The molecule has 0 aliphatic carbocycles. The van der Waals surface area contributed by atoms with E-state index < -0.39 is 17.5 Å². The average molecular weight is 278 g/mol. The second-order valence-corrected chi connectivity index (χ2v) is 5.22. The maximum atomic E-state index is 13.3. The third-order valence-electron chi connectivity index (χ3n) is 3.35. The summed E-state index contributed by atoms with van der Waals surface area (Å²) < 4.78 is 13.3. The molecule has 1 aromatic rings. The molecule has 1 aliphatic rings. The maximum Gasteiger partial charge on any atom is 0.299 e. The number of halogens is 1. The van der Waals surface area contributed by atoms with Gasteiger partial charge in [0.2, 0.25) is 0 Å². The van der Waals surface area contributed by atoms with Crippen molar-refractivity contribution in [1.82, 2.24) is 5.32 Å². The van der Waals surface area contributed by atoms with Crippen molar-refractivity contribution < 1.29 is 14.0 Å². The van der Waals surface area contributed by atoms with Gasteiger partial charge in [-0.2, -0.15) is 0 Å². The molecule has 1 unspecified atom stereocenters. The number of hydrogen-bond donors (Lipinski definition) is 1. The van der Waals surface area contributed by atoms with Crippen LogP contribution in [0.2, 0.25) is 0 Å². The van der Waals surface area contributed by atoms with E-state index in [1.54, 1.807) is 0 Å². The summed E-state index contributed by atoms with van der Waals surface area (Å²) in [4.78, 5) is 25.2. The number of amides is 1. The van der Waals surface area contributed by atoms with Gasteiger partial charge in [-0.3, -0.25) is 9.59 Å². The summed E-state index contributed by atoms with van der Waals surface area (Å²) in [6, 6.07) is 3.84. The van der Waals surface area contributed by atoms with Crippen LogP contribution >= 0.6 is 0 Å². The Morgan fingerprint density at radius 2 is 2.10 bits per heavy atom. The smallest absolute Gasteiger partial charge is 0.299 e. The number of benzene rings is 1. The molecule has 5 heteroatoms. The van der Waals surface area contributed by atoms with Gasteiger partial charge in [0.25, 0.3) is 11.7 Å². The molecular formula is C15H19FN2O2. The van der Waals surface area contributed by atoms with E-state index in [-0.39, 0.29) is 5.92 Å². The van der Waals surface area contributed by atoms with Gasteiger partial charge in [0.15, 0.2) is 0 Å². The molecule has 1 atom stereocenters. The van der Waals surface area contributed by atoms with E-state index in [9.17, 15) is 14.0 Å². The van der Waals surface area contributed by atoms with Crippen molar-refractivity contribution >= 4 is 17.4 Å². The van der Waals surface area contributed by atoms with E-state index in [1.165, 1.54) is 23.1 Å². The number of anilines is 1. The Kier molecular flexibility index (Phi) is 4.49. The minimum atomic E-state index is -0.562. The van der Waals surface area contributed by atoms with Gasteiger partial charge in [0.1, 0.15) is 5.82 Å². The van der Waals surface area contributed by atoms with E-state index in [2.05, 4.69) is 12.2 Å². The zero-order chi connectivity index (χ0) is 14.7. The average Bonchev–Trinajstić information content (AvgIpc) is 2.64. The third-order valence-corrected chi connectivity index (χ3v) is 3.35. The molecule has 0 saturated carbocycles. The molecule has 0 radical (unpaired) electrons. The Hall–Kier alpha value is -1.75. The molecule has 0 fully saturated rings. The largest absolute Gasteiger partial charge is 0.316 e. The zero-order valence-electron chi connectivity index (χ0n) is 11.8. The van der Waals surface area contributed by atoms with Crippen molar-refractivity contribution in [3.05, 3.63) is 29.6 Å². The van der Waals surface area contributed by atoms with Crippen molar-refractivity contribution in [3.63, 3.8) is 0 Å². The lowest BCUT2D eigenvalue weighted by Gasteiger charge is -2.21. The predicted molar refractivity (Wildman–Crippen MR) is 75.4 cm³/mol. The molecule has 20 heavy (non-hydrogen) atoms. The SMILES string of the molecule is CCCNCC(C)CN1C(=O)C(=O)c2ccc(F)cc21. The van der Waals surface area contributed by atoms with Crippen molar-refractivity contribution in [2.45, 2.75) is 20.3 Å². The monoisotopic (exact) mass is 278 g/mol. The number of nitrogens with one attached hydrogen (secondary N) is 1. The second-order valence-electron chi connectivity index (χ2n) is 5.22. The van der Waals surface area contributed by atoms with Gasteiger partial charge in [0, 0.05) is 6.54 Å². The summed E-state index contributed by atoms with van der Waals surface area (Å²) >= 11 is 0. The highest BCUT2D eigenvalue weighted by atomic mass is 19.1. The summed E-state index contributed by atoms with van der Waals surface area (Å²) in [5.74, 6) is -1.36. The Labute approximate surface area is 118 Å². The molecule has 2 rings (SSSR count). The van der Waals surface area contributed by atoms with Gasteiger partial charge in [-0.1, -0.05) is 13.8 Å². The van der Waals surface area contributed by atoms with Crippen LogP contribution in [0.1, 0.15) is 30.6 Å². The van der Waals surface area contributed by atoms with Crippen molar-refractivity contribution in [2.75, 3.05) is 24.5 Å². The van der Waals surface area contributed by atoms with E-state index in [0.29, 0.717) is 17.8 Å². The molecule has 0 bridgehead atoms. The molecule has 1 N–H and O–H groups in total. The first-order chi connectivity index (χ1) is 9.54. The van der Waals surface area contributed by atoms with Crippen molar-refractivity contribution in [3.8, 4) is 0 Å². The number of fused-ring (bicyclic) bond motifs is 1. The normalized spacial score (nSPS) is 15.7. The van der Waals surface area contributed by atoms with Crippen molar-refractivity contribution in [2.24, 2.45) is 5.92 Å². The molecule has 0 saturated heterocycles. The first-order valence-electron chi connectivity index (χ1n) is 6.91. The number of ketones is 1. The summed E-state index contributed by atoms with van der Waals surface area (Å²) in [5, 5.41) is 3.27. The van der Waals surface area contributed by atoms with Gasteiger partial charge < -0.3 is 10.2 Å². The molecule has 0 spiro atoms. The summed E-state index contributed by atoms with van der Waals surface area (Å²) in [6.07, 6.45) is 1.04. The van der Waals surface area contributed by atoms with E-state index in [0.717, 1.165) is 19.5 Å². The number of hydrogen-bond acceptors (Lipinski definition) is 3. The zero-order valence-corrected chi connectivity index (χ0v) is 11.8. The van der Waals surface area contributed by atoms with Crippen LogP contribution in [0.4, 0.5) is 10.1 Å². The Balaban J connectivity index is 2.11. The fourth-order valence-corrected chi connectivity index (χ4v) is 2.35. The second kappa shape index (κ2) is 6.13. The van der Waals surface area contributed by atoms with Gasteiger partial charge in [-0.15, -0.1) is 0 Å². The number of carbonyl (C=O) groups is 2. The summed E-state index contributed by atoms with van der Waals surface area (Å²) in [7, 11) is 0. The minimum absolute atomic E-state index is 0.188. The molecule has 0 aromatic heterocycles. The number of Topliss-reactive ketones (excluding diaryl/α,β-unsaturated/α-hetero) is 1. The molecule has 1 amide bonds. The molecule has 1 aliphatic heterocycles. The first kappa shape index (κ1) is 14.7. The van der Waals surface area contributed by atoms with Gasteiger partial charge in [-0.05, 0) is 43.6 Å². The van der Waals surface area contributed by atoms with Crippen LogP contribution in [-0.2, 0) is 4.79 Å². The standard InChI is InChI=1S/C15H19FN2O2/c1-3-6-17-8-10(2)9-18-13-7-11(16)4-5-12(13)14(19)15(18)20/h4-5,7,10,17H,3,6,8-9H2,1-2H3. The highest BCUT2D eigenvalue weighted by Crippen LogP contribution is 2.30.